The van der Waals surface area contributed by atoms with Gasteiger partial charge in [0.15, 0.2) is 0 Å². The van der Waals surface area contributed by atoms with Gasteiger partial charge in [0, 0.05) is 19.6 Å². The normalized spacial score (nSPS) is 19.8. The Hall–Kier alpha value is -0.120. The van der Waals surface area contributed by atoms with Gasteiger partial charge >= 0.3 is 0 Å². The zero-order valence-electron chi connectivity index (χ0n) is 13.8. The van der Waals surface area contributed by atoms with Crippen LogP contribution < -0.4 is 0 Å². The number of likely N-dealkylation sites (tertiary alicyclic amines) is 1. The van der Waals surface area contributed by atoms with E-state index in [-0.39, 0.29) is 0 Å². The van der Waals surface area contributed by atoms with E-state index in [1.165, 1.54) is 39.0 Å². The number of nitrogens with zero attached hydrogens (tertiary/aromatic N) is 3. The second-order valence-corrected chi connectivity index (χ2v) is 6.15. The van der Waals surface area contributed by atoms with Gasteiger partial charge in [0.25, 0.3) is 0 Å². The second kappa shape index (κ2) is 8.89. The molecule has 18 heavy (non-hydrogen) atoms. The smallest absolute Gasteiger partial charge is 0.0106 e. The van der Waals surface area contributed by atoms with Crippen molar-refractivity contribution in [3.05, 3.63) is 0 Å². The van der Waals surface area contributed by atoms with Crippen LogP contribution in [0.1, 0.15) is 33.6 Å². The van der Waals surface area contributed by atoms with E-state index in [9.17, 15) is 0 Å². The minimum atomic E-state index is 0.535. The maximum Gasteiger partial charge on any atom is 0.0106 e. The van der Waals surface area contributed by atoms with Crippen LogP contribution >= 0.6 is 0 Å². The van der Waals surface area contributed by atoms with Gasteiger partial charge in [-0.2, -0.15) is 0 Å². The molecule has 0 amide bonds. The van der Waals surface area contributed by atoms with Crippen LogP contribution in [0, 0.1) is 5.41 Å². The third-order valence-electron chi connectivity index (χ3n) is 3.77. The fourth-order valence-corrected chi connectivity index (χ4v) is 2.42. The van der Waals surface area contributed by atoms with Crippen LogP contribution in [0.25, 0.3) is 0 Å². The molecule has 0 unspecified atom stereocenters. The largest absolute Gasteiger partial charge is 0.308 e. The predicted molar refractivity (Wildman–Crippen MR) is 82.2 cm³/mol. The Morgan fingerprint density at radius 1 is 1.00 bits per heavy atom. The first-order chi connectivity index (χ1) is 8.41. The van der Waals surface area contributed by atoms with Gasteiger partial charge < -0.3 is 14.7 Å². The highest BCUT2D eigenvalue weighted by molar-refractivity contribution is 4.83. The summed E-state index contributed by atoms with van der Waals surface area (Å²) in [6, 6.07) is 0. The highest BCUT2D eigenvalue weighted by atomic mass is 15.2. The van der Waals surface area contributed by atoms with Crippen molar-refractivity contribution < 1.29 is 0 Å². The molecule has 1 fully saturated rings. The molecule has 110 valence electrons. The molecule has 1 rings (SSSR count). The maximum atomic E-state index is 2.49. The molecular weight excluding hydrogens is 222 g/mol. The van der Waals surface area contributed by atoms with Crippen molar-refractivity contribution in [2.24, 2.45) is 5.41 Å². The Balaban J connectivity index is 0.00000137. The molecule has 1 heterocycles. The number of hydrogen-bond acceptors (Lipinski definition) is 3. The van der Waals surface area contributed by atoms with Crippen molar-refractivity contribution in [1.29, 1.82) is 0 Å². The van der Waals surface area contributed by atoms with Crippen molar-refractivity contribution in [1.82, 2.24) is 14.7 Å². The van der Waals surface area contributed by atoms with Gasteiger partial charge in [-0.1, -0.05) is 20.8 Å². The van der Waals surface area contributed by atoms with Crippen LogP contribution in [0.15, 0.2) is 0 Å². The molecule has 0 aliphatic carbocycles. The average Bonchev–Trinajstić information content (AvgIpc) is 2.33. The number of piperidine rings is 1. The van der Waals surface area contributed by atoms with Crippen LogP contribution in [0.3, 0.4) is 0 Å². The Kier molecular flexibility index (Phi) is 8.83. The number of likely N-dealkylation sites (N-methyl/N-ethyl adjacent to an activating group) is 2. The molecule has 0 aromatic rings. The zero-order chi connectivity index (χ0) is 14.2. The van der Waals surface area contributed by atoms with Crippen molar-refractivity contribution in [3.63, 3.8) is 0 Å². The van der Waals surface area contributed by atoms with Gasteiger partial charge in [0.1, 0.15) is 0 Å². The second-order valence-electron chi connectivity index (χ2n) is 6.15. The van der Waals surface area contributed by atoms with Gasteiger partial charge in [-0.05, 0) is 59.5 Å². The number of rotatable bonds is 5. The molecule has 0 bridgehead atoms. The van der Waals surface area contributed by atoms with Gasteiger partial charge in [-0.3, -0.25) is 0 Å². The van der Waals surface area contributed by atoms with Crippen LogP contribution in [-0.4, -0.2) is 75.6 Å². The molecule has 3 nitrogen and oxygen atoms in total. The molecule has 0 radical (unpaired) electrons. The van der Waals surface area contributed by atoms with Crippen LogP contribution in [0.5, 0.6) is 0 Å². The van der Waals surface area contributed by atoms with Gasteiger partial charge in [-0.25, -0.2) is 0 Å². The highest BCUT2D eigenvalue weighted by Crippen LogP contribution is 2.30. The minimum absolute atomic E-state index is 0.535. The SMILES string of the molecule is CC.CN(C)CCN(C)CC1(C)CCN(C)CC1. The van der Waals surface area contributed by atoms with Gasteiger partial charge in [0.2, 0.25) is 0 Å². The molecule has 1 aliphatic rings. The van der Waals surface area contributed by atoms with E-state index in [0.29, 0.717) is 5.41 Å². The molecular formula is C15H35N3. The van der Waals surface area contributed by atoms with Crippen molar-refractivity contribution in [2.45, 2.75) is 33.6 Å². The summed E-state index contributed by atoms with van der Waals surface area (Å²) in [6.45, 7) is 12.6. The maximum absolute atomic E-state index is 2.49. The summed E-state index contributed by atoms with van der Waals surface area (Å²) in [4.78, 5) is 7.19. The summed E-state index contributed by atoms with van der Waals surface area (Å²) < 4.78 is 0. The summed E-state index contributed by atoms with van der Waals surface area (Å²) >= 11 is 0. The molecule has 0 aromatic carbocycles. The zero-order valence-corrected chi connectivity index (χ0v) is 13.8. The molecule has 3 heteroatoms. The fraction of sp³-hybridized carbons (Fsp3) is 1.00. The van der Waals surface area contributed by atoms with Crippen LogP contribution in [0.2, 0.25) is 0 Å². The molecule has 1 saturated heterocycles. The average molecular weight is 257 g/mol. The Morgan fingerprint density at radius 3 is 1.94 bits per heavy atom. The lowest BCUT2D eigenvalue weighted by atomic mass is 9.80. The van der Waals surface area contributed by atoms with E-state index in [2.05, 4.69) is 49.8 Å². The third-order valence-corrected chi connectivity index (χ3v) is 3.77. The quantitative estimate of drug-likeness (QED) is 0.748. The first kappa shape index (κ1) is 17.9. The van der Waals surface area contributed by atoms with Gasteiger partial charge in [-0.15, -0.1) is 0 Å². The molecule has 0 aromatic heterocycles. The van der Waals surface area contributed by atoms with E-state index in [4.69, 9.17) is 0 Å². The van der Waals surface area contributed by atoms with E-state index in [1.54, 1.807) is 0 Å². The van der Waals surface area contributed by atoms with E-state index in [0.717, 1.165) is 6.54 Å². The summed E-state index contributed by atoms with van der Waals surface area (Å²) in [6.07, 6.45) is 2.69. The highest BCUT2D eigenvalue weighted by Gasteiger charge is 2.29. The van der Waals surface area contributed by atoms with Crippen molar-refractivity contribution >= 4 is 0 Å². The lowest BCUT2D eigenvalue weighted by Gasteiger charge is -2.40. The monoisotopic (exact) mass is 257 g/mol. The number of hydrogen-bond donors (Lipinski definition) is 0. The Bertz CT molecular complexity index is 196. The topological polar surface area (TPSA) is 9.72 Å². The van der Waals surface area contributed by atoms with Gasteiger partial charge in [0.05, 0.1) is 0 Å². The predicted octanol–water partition coefficient (Wildman–Crippen LogP) is 2.24. The lowest BCUT2D eigenvalue weighted by Crippen LogP contribution is -2.43. The van der Waals surface area contributed by atoms with E-state index >= 15 is 0 Å². The van der Waals surface area contributed by atoms with E-state index in [1.807, 2.05) is 13.8 Å². The first-order valence-corrected chi connectivity index (χ1v) is 7.43. The standard InChI is InChI=1S/C13H29N3.C2H6/c1-13(6-8-15(4)9-7-13)12-16(5)11-10-14(2)3;1-2/h6-12H2,1-5H3;1-2H3. The third kappa shape index (κ3) is 7.34. The molecule has 0 N–H and O–H groups in total. The van der Waals surface area contributed by atoms with Crippen LogP contribution in [-0.2, 0) is 0 Å². The Labute approximate surface area is 115 Å². The van der Waals surface area contributed by atoms with Crippen molar-refractivity contribution in [2.75, 3.05) is 60.9 Å². The fourth-order valence-electron chi connectivity index (χ4n) is 2.42. The van der Waals surface area contributed by atoms with E-state index < -0.39 is 0 Å². The molecule has 1 aliphatic heterocycles. The lowest BCUT2D eigenvalue weighted by molar-refractivity contribution is 0.0949. The summed E-state index contributed by atoms with van der Waals surface area (Å²) in [7, 11) is 8.78. The van der Waals surface area contributed by atoms with Crippen molar-refractivity contribution in [3.8, 4) is 0 Å². The van der Waals surface area contributed by atoms with Crippen LogP contribution in [0.4, 0.5) is 0 Å². The summed E-state index contributed by atoms with van der Waals surface area (Å²) in [5, 5.41) is 0. The minimum Gasteiger partial charge on any atom is -0.308 e. The first-order valence-electron chi connectivity index (χ1n) is 7.43. The summed E-state index contributed by atoms with van der Waals surface area (Å²) in [5.41, 5.74) is 0.535. The molecule has 0 atom stereocenters. The Morgan fingerprint density at radius 2 is 1.50 bits per heavy atom. The molecule has 0 saturated carbocycles. The molecule has 0 spiro atoms. The summed E-state index contributed by atoms with van der Waals surface area (Å²) in [5.74, 6) is 0.